The molecule has 0 unspecified atom stereocenters. The predicted molar refractivity (Wildman–Crippen MR) is 126 cm³/mol. The van der Waals surface area contributed by atoms with Crippen molar-refractivity contribution in [2.24, 2.45) is 0 Å². The second-order valence-electron chi connectivity index (χ2n) is 7.98. The van der Waals surface area contributed by atoms with Gasteiger partial charge in [-0.3, -0.25) is 9.59 Å². The smallest absolute Gasteiger partial charge is 0.242 e. The average Bonchev–Trinajstić information content (AvgIpc) is 3.20. The highest BCUT2D eigenvalue weighted by Crippen LogP contribution is 2.19. The second kappa shape index (κ2) is 11.3. The van der Waals surface area contributed by atoms with E-state index in [0.717, 1.165) is 30.3 Å². The summed E-state index contributed by atoms with van der Waals surface area (Å²) in [6, 6.07) is 18.3. The van der Waals surface area contributed by atoms with Crippen LogP contribution in [0.25, 0.3) is 10.9 Å². The minimum Gasteiger partial charge on any atom is -0.361 e. The lowest BCUT2D eigenvalue weighted by atomic mass is 10.1. The molecule has 0 bridgehead atoms. The van der Waals surface area contributed by atoms with Gasteiger partial charge in [-0.25, -0.2) is 0 Å². The third-order valence-corrected chi connectivity index (χ3v) is 5.53. The van der Waals surface area contributed by atoms with Crippen LogP contribution in [0.5, 0.6) is 0 Å². The number of H-pyrrole nitrogens is 1. The summed E-state index contributed by atoms with van der Waals surface area (Å²) in [5.74, 6) is 0.0654. The molecule has 0 atom stereocenters. The average molecular weight is 420 g/mol. The molecule has 0 aliphatic carbocycles. The van der Waals surface area contributed by atoms with E-state index < -0.39 is 0 Å². The first-order valence-electron chi connectivity index (χ1n) is 11.3. The third kappa shape index (κ3) is 6.20. The first kappa shape index (κ1) is 22.6. The lowest BCUT2D eigenvalue weighted by molar-refractivity contribution is -0.141. The Labute approximate surface area is 185 Å². The van der Waals surface area contributed by atoms with Crippen LogP contribution in [0.2, 0.25) is 0 Å². The van der Waals surface area contributed by atoms with Gasteiger partial charge in [-0.15, -0.1) is 0 Å². The fourth-order valence-corrected chi connectivity index (χ4v) is 3.89. The minimum atomic E-state index is 0.00148. The van der Waals surface area contributed by atoms with Crippen molar-refractivity contribution in [3.8, 4) is 0 Å². The molecule has 0 spiro atoms. The predicted octanol–water partition coefficient (Wildman–Crippen LogP) is 4.78. The lowest BCUT2D eigenvalue weighted by Crippen LogP contribution is -2.43. The third-order valence-electron chi connectivity index (χ3n) is 5.53. The molecule has 1 aromatic heterocycles. The van der Waals surface area contributed by atoms with Gasteiger partial charge >= 0.3 is 0 Å². The summed E-state index contributed by atoms with van der Waals surface area (Å²) in [5, 5.41) is 1.19. The zero-order valence-corrected chi connectivity index (χ0v) is 18.6. The van der Waals surface area contributed by atoms with Gasteiger partial charge in [0.25, 0.3) is 0 Å². The van der Waals surface area contributed by atoms with Gasteiger partial charge in [-0.1, -0.05) is 62.4 Å². The molecule has 0 saturated heterocycles. The Kier molecular flexibility index (Phi) is 8.27. The van der Waals surface area contributed by atoms with E-state index in [9.17, 15) is 9.59 Å². The molecule has 31 heavy (non-hydrogen) atoms. The van der Waals surface area contributed by atoms with Crippen LogP contribution in [-0.2, 0) is 22.6 Å². The number of nitrogens with one attached hydrogen (secondary N) is 1. The van der Waals surface area contributed by atoms with Crippen molar-refractivity contribution in [2.75, 3.05) is 19.6 Å². The first-order valence-corrected chi connectivity index (χ1v) is 11.3. The molecule has 0 saturated carbocycles. The molecule has 5 nitrogen and oxygen atoms in total. The van der Waals surface area contributed by atoms with Crippen LogP contribution in [-0.4, -0.2) is 46.2 Å². The number of hydrogen-bond acceptors (Lipinski definition) is 2. The zero-order chi connectivity index (χ0) is 22.1. The van der Waals surface area contributed by atoms with Crippen molar-refractivity contribution >= 4 is 22.7 Å². The van der Waals surface area contributed by atoms with Crippen LogP contribution < -0.4 is 0 Å². The van der Waals surface area contributed by atoms with Crippen molar-refractivity contribution in [2.45, 2.75) is 46.1 Å². The summed E-state index contributed by atoms with van der Waals surface area (Å²) in [4.78, 5) is 32.7. The molecular weight excluding hydrogens is 386 g/mol. The van der Waals surface area contributed by atoms with E-state index in [0.29, 0.717) is 26.1 Å². The van der Waals surface area contributed by atoms with Gasteiger partial charge in [0.2, 0.25) is 11.8 Å². The number of amides is 2. The summed E-state index contributed by atoms with van der Waals surface area (Å²) >= 11 is 0. The van der Waals surface area contributed by atoms with Crippen LogP contribution in [0.3, 0.4) is 0 Å². The van der Waals surface area contributed by atoms with Gasteiger partial charge in [-0.2, -0.15) is 0 Å². The van der Waals surface area contributed by atoms with Gasteiger partial charge < -0.3 is 14.8 Å². The standard InChI is InChI=1S/C26H33N3O2/c1-3-10-25(30)28(16-4-2)20-26(31)29(19-21-11-6-5-7-12-21)17-15-22-18-27-24-14-9-8-13-23(22)24/h5-9,11-14,18,27H,3-4,10,15-17,19-20H2,1-2H3. The van der Waals surface area contributed by atoms with Crippen LogP contribution in [0, 0.1) is 0 Å². The molecule has 2 aromatic carbocycles. The van der Waals surface area contributed by atoms with Crippen LogP contribution in [0.4, 0.5) is 0 Å². The maximum absolute atomic E-state index is 13.3. The summed E-state index contributed by atoms with van der Waals surface area (Å²) in [6.45, 7) is 5.95. The SMILES string of the molecule is CCCC(=O)N(CCC)CC(=O)N(CCc1c[nH]c2ccccc12)Cc1ccccc1. The highest BCUT2D eigenvalue weighted by Gasteiger charge is 2.21. The zero-order valence-electron chi connectivity index (χ0n) is 18.6. The van der Waals surface area contributed by atoms with E-state index in [4.69, 9.17) is 0 Å². The Hall–Kier alpha value is -3.08. The van der Waals surface area contributed by atoms with Crippen molar-refractivity contribution in [1.82, 2.24) is 14.8 Å². The van der Waals surface area contributed by atoms with Gasteiger partial charge in [0.15, 0.2) is 0 Å². The van der Waals surface area contributed by atoms with Crippen LogP contribution in [0.15, 0.2) is 60.8 Å². The molecule has 1 N–H and O–H groups in total. The Morgan fingerprint density at radius 2 is 1.58 bits per heavy atom. The van der Waals surface area contributed by atoms with Crippen LogP contribution >= 0.6 is 0 Å². The molecule has 164 valence electrons. The van der Waals surface area contributed by atoms with Crippen molar-refractivity contribution in [3.63, 3.8) is 0 Å². The van der Waals surface area contributed by atoms with E-state index in [2.05, 4.69) is 17.1 Å². The van der Waals surface area contributed by atoms with Crippen molar-refractivity contribution in [3.05, 3.63) is 71.9 Å². The quantitative estimate of drug-likeness (QED) is 0.486. The van der Waals surface area contributed by atoms with Crippen molar-refractivity contribution in [1.29, 1.82) is 0 Å². The topological polar surface area (TPSA) is 56.4 Å². The number of carbonyl (C=O) groups is 2. The van der Waals surface area contributed by atoms with Gasteiger partial charge in [0.05, 0.1) is 6.54 Å². The highest BCUT2D eigenvalue weighted by molar-refractivity contribution is 5.85. The molecule has 2 amide bonds. The molecule has 0 aliphatic rings. The van der Waals surface area contributed by atoms with Gasteiger partial charge in [0.1, 0.15) is 0 Å². The first-order chi connectivity index (χ1) is 15.1. The number of fused-ring (bicyclic) bond motifs is 1. The van der Waals surface area contributed by atoms with E-state index in [1.165, 1.54) is 10.9 Å². The van der Waals surface area contributed by atoms with E-state index in [1.807, 2.05) is 67.4 Å². The molecule has 0 radical (unpaired) electrons. The number of para-hydroxylation sites is 1. The summed E-state index contributed by atoms with van der Waals surface area (Å²) < 4.78 is 0. The van der Waals surface area contributed by atoms with Gasteiger partial charge in [-0.05, 0) is 36.5 Å². The van der Waals surface area contributed by atoms with E-state index >= 15 is 0 Å². The summed E-state index contributed by atoms with van der Waals surface area (Å²) in [5.41, 5.74) is 3.41. The fraction of sp³-hybridized carbons (Fsp3) is 0.385. The fourth-order valence-electron chi connectivity index (χ4n) is 3.89. The summed E-state index contributed by atoms with van der Waals surface area (Å²) in [7, 11) is 0. The number of aromatic amines is 1. The Bertz CT molecular complexity index is 980. The van der Waals surface area contributed by atoms with Gasteiger partial charge in [0, 0.05) is 43.2 Å². The largest absolute Gasteiger partial charge is 0.361 e. The monoisotopic (exact) mass is 419 g/mol. The lowest BCUT2D eigenvalue weighted by Gasteiger charge is -2.28. The Morgan fingerprint density at radius 3 is 2.32 bits per heavy atom. The maximum atomic E-state index is 13.3. The van der Waals surface area contributed by atoms with Crippen molar-refractivity contribution < 1.29 is 9.59 Å². The normalized spacial score (nSPS) is 10.9. The van der Waals surface area contributed by atoms with E-state index in [1.54, 1.807) is 4.90 Å². The second-order valence-corrected chi connectivity index (χ2v) is 7.98. The number of benzene rings is 2. The number of rotatable bonds is 11. The van der Waals surface area contributed by atoms with E-state index in [-0.39, 0.29) is 18.4 Å². The van der Waals surface area contributed by atoms with Crippen LogP contribution in [0.1, 0.15) is 44.2 Å². The number of carbonyl (C=O) groups excluding carboxylic acids is 2. The molecule has 0 fully saturated rings. The number of hydrogen-bond donors (Lipinski definition) is 1. The Balaban J connectivity index is 1.74. The summed E-state index contributed by atoms with van der Waals surface area (Å²) in [6.07, 6.45) is 4.92. The molecular formula is C26H33N3O2. The molecule has 1 heterocycles. The Morgan fingerprint density at radius 1 is 0.839 bits per heavy atom. The maximum Gasteiger partial charge on any atom is 0.242 e. The number of aromatic nitrogens is 1. The molecule has 5 heteroatoms. The number of nitrogens with zero attached hydrogens (tertiary/aromatic N) is 2. The molecule has 0 aliphatic heterocycles. The minimum absolute atomic E-state index is 0.00148. The molecule has 3 rings (SSSR count). The molecule has 3 aromatic rings. The highest BCUT2D eigenvalue weighted by atomic mass is 16.2.